The standard InChI is InChI=1S/C9H15NOS/c1-2-9(12-7-10)8-5-3-4-6-11-8/h8-9H,2-6H2,1H3/t8-,9-/m1/s1. The van der Waals surface area contributed by atoms with Gasteiger partial charge in [-0.3, -0.25) is 0 Å². The molecule has 3 heteroatoms. The molecule has 2 nitrogen and oxygen atoms in total. The van der Waals surface area contributed by atoms with Gasteiger partial charge in [-0.1, -0.05) is 6.92 Å². The molecule has 1 saturated heterocycles. The summed E-state index contributed by atoms with van der Waals surface area (Å²) in [6, 6.07) is 0. The van der Waals surface area contributed by atoms with Crippen LogP contribution in [0.25, 0.3) is 0 Å². The summed E-state index contributed by atoms with van der Waals surface area (Å²) in [6.45, 7) is 3.00. The number of nitriles is 1. The van der Waals surface area contributed by atoms with Crippen LogP contribution < -0.4 is 0 Å². The predicted molar refractivity (Wildman–Crippen MR) is 50.9 cm³/mol. The third-order valence-electron chi connectivity index (χ3n) is 2.24. The number of rotatable bonds is 3. The van der Waals surface area contributed by atoms with Crippen LogP contribution in [0.1, 0.15) is 32.6 Å². The van der Waals surface area contributed by atoms with Crippen molar-refractivity contribution in [3.8, 4) is 5.40 Å². The van der Waals surface area contributed by atoms with Crippen molar-refractivity contribution < 1.29 is 4.74 Å². The molecule has 0 saturated carbocycles. The van der Waals surface area contributed by atoms with E-state index in [1.807, 2.05) is 0 Å². The number of thioether (sulfide) groups is 1. The highest BCUT2D eigenvalue weighted by atomic mass is 32.2. The monoisotopic (exact) mass is 185 g/mol. The molecule has 0 unspecified atom stereocenters. The number of hydrogen-bond acceptors (Lipinski definition) is 3. The topological polar surface area (TPSA) is 33.0 Å². The van der Waals surface area contributed by atoms with Crippen LogP contribution in [0.4, 0.5) is 0 Å². The van der Waals surface area contributed by atoms with Gasteiger partial charge in [0.25, 0.3) is 0 Å². The van der Waals surface area contributed by atoms with E-state index >= 15 is 0 Å². The fraction of sp³-hybridized carbons (Fsp3) is 0.889. The Morgan fingerprint density at radius 2 is 2.50 bits per heavy atom. The molecule has 0 amide bonds. The van der Waals surface area contributed by atoms with E-state index in [0.717, 1.165) is 19.4 Å². The summed E-state index contributed by atoms with van der Waals surface area (Å²) in [5.41, 5.74) is 0. The second-order valence-corrected chi connectivity index (χ2v) is 4.08. The third-order valence-corrected chi connectivity index (χ3v) is 3.28. The summed E-state index contributed by atoms with van der Waals surface area (Å²) in [5, 5.41) is 11.1. The van der Waals surface area contributed by atoms with Crippen LogP contribution in [0.5, 0.6) is 0 Å². The van der Waals surface area contributed by atoms with Gasteiger partial charge in [0.15, 0.2) is 0 Å². The maximum atomic E-state index is 8.56. The lowest BCUT2D eigenvalue weighted by Gasteiger charge is -2.27. The van der Waals surface area contributed by atoms with Gasteiger partial charge in [-0.05, 0) is 37.4 Å². The Bertz CT molecular complexity index is 160. The SMILES string of the molecule is CC[C@@H](SC#N)[C@H]1CCCCO1. The van der Waals surface area contributed by atoms with Crippen molar-refractivity contribution in [2.75, 3.05) is 6.61 Å². The molecule has 0 aromatic carbocycles. The molecule has 1 rings (SSSR count). The summed E-state index contributed by atoms with van der Waals surface area (Å²) in [4.78, 5) is 0. The number of hydrogen-bond donors (Lipinski definition) is 0. The van der Waals surface area contributed by atoms with Gasteiger partial charge in [-0.15, -0.1) is 0 Å². The Kier molecular flexibility index (Phi) is 4.49. The Morgan fingerprint density at radius 1 is 1.67 bits per heavy atom. The first-order valence-electron chi connectivity index (χ1n) is 4.54. The van der Waals surface area contributed by atoms with E-state index in [-0.39, 0.29) is 0 Å². The Morgan fingerprint density at radius 3 is 3.00 bits per heavy atom. The van der Waals surface area contributed by atoms with E-state index < -0.39 is 0 Å². The molecule has 0 aromatic heterocycles. The van der Waals surface area contributed by atoms with E-state index in [9.17, 15) is 0 Å². The fourth-order valence-corrected chi connectivity index (χ4v) is 2.22. The molecule has 0 bridgehead atoms. The smallest absolute Gasteiger partial charge is 0.133 e. The quantitative estimate of drug-likeness (QED) is 0.633. The van der Waals surface area contributed by atoms with Crippen molar-refractivity contribution in [3.63, 3.8) is 0 Å². The Balaban J connectivity index is 2.36. The molecule has 1 aliphatic heterocycles. The Hall–Kier alpha value is -0.200. The highest BCUT2D eigenvalue weighted by Gasteiger charge is 2.23. The fourth-order valence-electron chi connectivity index (χ4n) is 1.55. The van der Waals surface area contributed by atoms with Crippen molar-refractivity contribution in [2.45, 2.75) is 44.0 Å². The largest absolute Gasteiger partial charge is 0.377 e. The summed E-state index contributed by atoms with van der Waals surface area (Å²) in [5.74, 6) is 0. The molecule has 0 aliphatic carbocycles. The zero-order valence-corrected chi connectivity index (χ0v) is 8.27. The second-order valence-electron chi connectivity index (χ2n) is 3.06. The maximum Gasteiger partial charge on any atom is 0.133 e. The van der Waals surface area contributed by atoms with Gasteiger partial charge in [0.05, 0.1) is 6.10 Å². The van der Waals surface area contributed by atoms with Gasteiger partial charge in [0.2, 0.25) is 0 Å². The van der Waals surface area contributed by atoms with Crippen LogP contribution >= 0.6 is 11.8 Å². The molecular weight excluding hydrogens is 170 g/mol. The summed E-state index contributed by atoms with van der Waals surface area (Å²) < 4.78 is 5.61. The van der Waals surface area contributed by atoms with Crippen LogP contribution in [-0.2, 0) is 4.74 Å². The first-order chi connectivity index (χ1) is 5.88. The zero-order valence-electron chi connectivity index (χ0n) is 7.45. The maximum absolute atomic E-state index is 8.56. The molecule has 1 fully saturated rings. The predicted octanol–water partition coefficient (Wildman–Crippen LogP) is 2.55. The average Bonchev–Trinajstić information content (AvgIpc) is 2.15. The van der Waals surface area contributed by atoms with E-state index in [1.54, 1.807) is 0 Å². The molecule has 0 radical (unpaired) electrons. The molecule has 0 N–H and O–H groups in total. The lowest BCUT2D eigenvalue weighted by molar-refractivity contribution is 0.0149. The van der Waals surface area contributed by atoms with Crippen molar-refractivity contribution in [2.24, 2.45) is 0 Å². The van der Waals surface area contributed by atoms with Gasteiger partial charge < -0.3 is 4.74 Å². The van der Waals surface area contributed by atoms with Crippen LogP contribution in [-0.4, -0.2) is 18.0 Å². The summed E-state index contributed by atoms with van der Waals surface area (Å²) in [7, 11) is 0. The Labute approximate surface area is 78.3 Å². The molecule has 68 valence electrons. The third kappa shape index (κ3) is 2.69. The minimum absolute atomic E-state index is 0.327. The van der Waals surface area contributed by atoms with Crippen molar-refractivity contribution in [1.29, 1.82) is 5.26 Å². The van der Waals surface area contributed by atoms with Gasteiger partial charge in [-0.25, -0.2) is 0 Å². The van der Waals surface area contributed by atoms with Gasteiger partial charge in [0, 0.05) is 11.9 Å². The first-order valence-corrected chi connectivity index (χ1v) is 5.42. The first kappa shape index (κ1) is 9.88. The van der Waals surface area contributed by atoms with Crippen molar-refractivity contribution >= 4 is 11.8 Å². The van der Waals surface area contributed by atoms with E-state index in [4.69, 9.17) is 10.00 Å². The van der Waals surface area contributed by atoms with Gasteiger partial charge in [-0.2, -0.15) is 5.26 Å². The van der Waals surface area contributed by atoms with E-state index in [1.165, 1.54) is 24.6 Å². The van der Waals surface area contributed by atoms with Crippen molar-refractivity contribution in [3.05, 3.63) is 0 Å². The zero-order chi connectivity index (χ0) is 8.81. The van der Waals surface area contributed by atoms with Crippen LogP contribution in [0.15, 0.2) is 0 Å². The molecule has 1 aliphatic rings. The minimum Gasteiger partial charge on any atom is -0.377 e. The second kappa shape index (κ2) is 5.45. The van der Waals surface area contributed by atoms with Crippen LogP contribution in [0, 0.1) is 10.7 Å². The molecule has 2 atom stereocenters. The van der Waals surface area contributed by atoms with Gasteiger partial charge >= 0.3 is 0 Å². The van der Waals surface area contributed by atoms with E-state index in [0.29, 0.717) is 11.4 Å². The minimum atomic E-state index is 0.327. The van der Waals surface area contributed by atoms with E-state index in [2.05, 4.69) is 12.3 Å². The number of nitrogens with zero attached hydrogens (tertiary/aromatic N) is 1. The molecule has 12 heavy (non-hydrogen) atoms. The summed E-state index contributed by atoms with van der Waals surface area (Å²) >= 11 is 1.36. The molecule has 0 spiro atoms. The molecule has 1 heterocycles. The van der Waals surface area contributed by atoms with Crippen LogP contribution in [0.2, 0.25) is 0 Å². The normalized spacial score (nSPS) is 26.2. The average molecular weight is 185 g/mol. The lowest BCUT2D eigenvalue weighted by Crippen LogP contribution is -2.29. The lowest BCUT2D eigenvalue weighted by atomic mass is 10.0. The number of ether oxygens (including phenoxy) is 1. The van der Waals surface area contributed by atoms with Gasteiger partial charge in [0.1, 0.15) is 5.40 Å². The molecular formula is C9H15NOS. The highest BCUT2D eigenvalue weighted by molar-refractivity contribution is 8.04. The van der Waals surface area contributed by atoms with Crippen molar-refractivity contribution in [1.82, 2.24) is 0 Å². The highest BCUT2D eigenvalue weighted by Crippen LogP contribution is 2.25. The summed E-state index contributed by atoms with van der Waals surface area (Å²) in [6.07, 6.45) is 4.93. The number of thiocyanates is 1. The molecule has 0 aromatic rings. The van der Waals surface area contributed by atoms with Crippen LogP contribution in [0.3, 0.4) is 0 Å².